The average molecular weight is 355 g/mol. The Morgan fingerprint density at radius 3 is 2.50 bits per heavy atom. The number of carbonyl (C=O) groups is 1. The van der Waals surface area contributed by atoms with Crippen molar-refractivity contribution in [2.24, 2.45) is 5.10 Å². The van der Waals surface area contributed by atoms with Gasteiger partial charge in [-0.25, -0.2) is 5.43 Å². The molecule has 0 aliphatic carbocycles. The van der Waals surface area contributed by atoms with E-state index in [1.807, 2.05) is 24.3 Å². The molecule has 2 rings (SSSR count). The Bertz CT molecular complexity index is 814. The lowest BCUT2D eigenvalue weighted by Gasteiger charge is -2.24. The van der Waals surface area contributed by atoms with Crippen molar-refractivity contribution in [3.8, 4) is 5.75 Å². The Labute approximate surface area is 151 Å². The molecule has 0 aliphatic heterocycles. The van der Waals surface area contributed by atoms with Crippen molar-refractivity contribution in [2.45, 2.75) is 32.8 Å². The van der Waals surface area contributed by atoms with Gasteiger partial charge in [0.2, 0.25) is 0 Å². The highest BCUT2D eigenvalue weighted by Gasteiger charge is 2.29. The minimum Gasteiger partial charge on any atom is -0.478 e. The number of ether oxygens (including phenoxy) is 1. The van der Waals surface area contributed by atoms with Crippen LogP contribution in [0.25, 0.3) is 0 Å². The summed E-state index contributed by atoms with van der Waals surface area (Å²) in [6.07, 6.45) is 2.16. The fourth-order valence-electron chi connectivity index (χ4n) is 2.19. The van der Waals surface area contributed by atoms with Crippen molar-refractivity contribution in [3.05, 3.63) is 69.8 Å². The van der Waals surface area contributed by atoms with Gasteiger partial charge in [0.15, 0.2) is 5.60 Å². The topological polar surface area (TPSA) is 93.8 Å². The van der Waals surface area contributed by atoms with E-state index < -0.39 is 16.4 Å². The Kier molecular flexibility index (Phi) is 6.06. The lowest BCUT2D eigenvalue weighted by atomic mass is 10.1. The van der Waals surface area contributed by atoms with Gasteiger partial charge < -0.3 is 4.74 Å². The molecule has 0 atom stereocenters. The summed E-state index contributed by atoms with van der Waals surface area (Å²) < 4.78 is 5.73. The first-order valence-electron chi connectivity index (χ1n) is 8.18. The highest BCUT2D eigenvalue weighted by molar-refractivity contribution is 5.88. The van der Waals surface area contributed by atoms with Crippen molar-refractivity contribution in [3.63, 3.8) is 0 Å². The average Bonchev–Trinajstić information content (AvgIpc) is 2.62. The zero-order chi connectivity index (χ0) is 19.2. The number of nitrogens with zero attached hydrogens (tertiary/aromatic N) is 2. The van der Waals surface area contributed by atoms with Gasteiger partial charge in [-0.1, -0.05) is 31.2 Å². The molecule has 2 aromatic carbocycles. The second-order valence-electron chi connectivity index (χ2n) is 6.12. The predicted molar refractivity (Wildman–Crippen MR) is 99.4 cm³/mol. The molecular weight excluding hydrogens is 334 g/mol. The summed E-state index contributed by atoms with van der Waals surface area (Å²) in [6, 6.07) is 13.6. The van der Waals surface area contributed by atoms with E-state index in [2.05, 4.69) is 17.5 Å². The molecule has 0 radical (unpaired) electrons. The van der Waals surface area contributed by atoms with Crippen molar-refractivity contribution in [2.75, 3.05) is 0 Å². The first kappa shape index (κ1) is 19.1. The largest absolute Gasteiger partial charge is 0.478 e. The number of hydrazone groups is 1. The first-order valence-corrected chi connectivity index (χ1v) is 8.18. The van der Waals surface area contributed by atoms with Crippen molar-refractivity contribution >= 4 is 17.8 Å². The molecule has 0 bridgehead atoms. The van der Waals surface area contributed by atoms with Crippen LogP contribution in [0.15, 0.2) is 53.6 Å². The molecule has 0 saturated heterocycles. The Morgan fingerprint density at radius 2 is 1.88 bits per heavy atom. The van der Waals surface area contributed by atoms with Gasteiger partial charge >= 0.3 is 0 Å². The molecule has 7 heteroatoms. The van der Waals surface area contributed by atoms with Gasteiger partial charge in [-0.15, -0.1) is 0 Å². The monoisotopic (exact) mass is 355 g/mol. The molecule has 0 aromatic heterocycles. The maximum Gasteiger partial charge on any atom is 0.283 e. The van der Waals surface area contributed by atoms with Crippen LogP contribution in [-0.4, -0.2) is 22.6 Å². The fraction of sp³-hybridized carbons (Fsp3) is 0.263. The standard InChI is InChI=1S/C19H21N3O4/c1-4-14-9-11-16(12-10-14)26-19(2,3)18(23)21-20-13-15-7-5-6-8-17(15)22(24)25/h5-13H,4H2,1-3H3,(H,21,23)/b20-13-. The van der Waals surface area contributed by atoms with Crippen LogP contribution in [0.1, 0.15) is 31.9 Å². The lowest BCUT2D eigenvalue weighted by Crippen LogP contribution is -2.44. The molecule has 0 unspecified atom stereocenters. The Hall–Kier alpha value is -3.22. The summed E-state index contributed by atoms with van der Waals surface area (Å²) in [5.74, 6) is 0.108. The summed E-state index contributed by atoms with van der Waals surface area (Å²) in [7, 11) is 0. The van der Waals surface area contributed by atoms with E-state index in [4.69, 9.17) is 4.74 Å². The van der Waals surface area contributed by atoms with Crippen LogP contribution in [-0.2, 0) is 11.2 Å². The molecule has 0 saturated carbocycles. The molecule has 0 heterocycles. The zero-order valence-electron chi connectivity index (χ0n) is 14.9. The van der Waals surface area contributed by atoms with Gasteiger partial charge in [0, 0.05) is 6.07 Å². The minimum atomic E-state index is -1.16. The van der Waals surface area contributed by atoms with E-state index in [0.29, 0.717) is 11.3 Å². The second-order valence-corrected chi connectivity index (χ2v) is 6.12. The molecule has 0 aliphatic rings. The molecule has 7 nitrogen and oxygen atoms in total. The number of nitro groups is 1. The maximum absolute atomic E-state index is 12.3. The predicted octanol–water partition coefficient (Wildman–Crippen LogP) is 3.46. The number of hydrogen-bond acceptors (Lipinski definition) is 5. The van der Waals surface area contributed by atoms with E-state index in [0.717, 1.165) is 6.42 Å². The molecule has 0 spiro atoms. The third-order valence-corrected chi connectivity index (χ3v) is 3.75. The highest BCUT2D eigenvalue weighted by atomic mass is 16.6. The SMILES string of the molecule is CCc1ccc(OC(C)(C)C(=O)N/N=C\c2ccccc2[N+](=O)[O-])cc1. The number of hydrogen-bond donors (Lipinski definition) is 1. The summed E-state index contributed by atoms with van der Waals surface area (Å²) in [6.45, 7) is 5.30. The van der Waals surface area contributed by atoms with Gasteiger partial charge in [0.05, 0.1) is 16.7 Å². The van der Waals surface area contributed by atoms with Crippen molar-refractivity contribution in [1.29, 1.82) is 0 Å². The van der Waals surface area contributed by atoms with Crippen LogP contribution in [0, 0.1) is 10.1 Å². The van der Waals surface area contributed by atoms with Crippen LogP contribution in [0.3, 0.4) is 0 Å². The third-order valence-electron chi connectivity index (χ3n) is 3.75. The van der Waals surface area contributed by atoms with E-state index in [1.165, 1.54) is 17.8 Å². The smallest absolute Gasteiger partial charge is 0.283 e. The number of amides is 1. The number of aryl methyl sites for hydroxylation is 1. The number of rotatable bonds is 7. The number of para-hydroxylation sites is 1. The summed E-state index contributed by atoms with van der Waals surface area (Å²) in [4.78, 5) is 22.8. The van der Waals surface area contributed by atoms with E-state index >= 15 is 0 Å². The van der Waals surface area contributed by atoms with Gasteiger partial charge in [-0.05, 0) is 44.0 Å². The lowest BCUT2D eigenvalue weighted by molar-refractivity contribution is -0.385. The molecular formula is C19H21N3O4. The third kappa shape index (κ3) is 4.89. The van der Waals surface area contributed by atoms with Crippen LogP contribution in [0.5, 0.6) is 5.75 Å². The van der Waals surface area contributed by atoms with Crippen molar-refractivity contribution < 1.29 is 14.5 Å². The number of benzene rings is 2. The van der Waals surface area contributed by atoms with Crippen LogP contribution < -0.4 is 10.2 Å². The second kappa shape index (κ2) is 8.24. The molecule has 2 aromatic rings. The van der Waals surface area contributed by atoms with Gasteiger partial charge in [-0.2, -0.15) is 5.10 Å². The van der Waals surface area contributed by atoms with E-state index in [1.54, 1.807) is 32.0 Å². The normalized spacial score (nSPS) is 11.3. The Morgan fingerprint density at radius 1 is 1.23 bits per heavy atom. The van der Waals surface area contributed by atoms with Crippen LogP contribution in [0.2, 0.25) is 0 Å². The van der Waals surface area contributed by atoms with Crippen LogP contribution >= 0.6 is 0 Å². The van der Waals surface area contributed by atoms with E-state index in [-0.39, 0.29) is 5.69 Å². The molecule has 1 amide bonds. The molecule has 1 N–H and O–H groups in total. The molecule has 0 fully saturated rings. The summed E-state index contributed by atoms with van der Waals surface area (Å²) in [5, 5.41) is 14.8. The maximum atomic E-state index is 12.3. The quantitative estimate of drug-likeness (QED) is 0.467. The van der Waals surface area contributed by atoms with E-state index in [9.17, 15) is 14.9 Å². The molecule has 136 valence electrons. The Balaban J connectivity index is 2.02. The van der Waals surface area contributed by atoms with Crippen LogP contribution in [0.4, 0.5) is 5.69 Å². The summed E-state index contributed by atoms with van der Waals surface area (Å²) >= 11 is 0. The number of carbonyl (C=O) groups excluding carboxylic acids is 1. The molecule has 26 heavy (non-hydrogen) atoms. The first-order chi connectivity index (χ1) is 12.3. The zero-order valence-corrected chi connectivity index (χ0v) is 14.9. The van der Waals surface area contributed by atoms with Gasteiger partial charge in [-0.3, -0.25) is 14.9 Å². The summed E-state index contributed by atoms with van der Waals surface area (Å²) in [5.41, 5.74) is 2.59. The number of nitrogens with one attached hydrogen (secondary N) is 1. The van der Waals surface area contributed by atoms with Gasteiger partial charge in [0.1, 0.15) is 5.75 Å². The minimum absolute atomic E-state index is 0.0861. The highest BCUT2D eigenvalue weighted by Crippen LogP contribution is 2.20. The number of nitro benzene ring substituents is 1. The van der Waals surface area contributed by atoms with Crippen molar-refractivity contribution in [1.82, 2.24) is 5.43 Å². The van der Waals surface area contributed by atoms with Gasteiger partial charge in [0.25, 0.3) is 11.6 Å². The fourth-order valence-corrected chi connectivity index (χ4v) is 2.19.